The van der Waals surface area contributed by atoms with E-state index < -0.39 is 5.82 Å². The van der Waals surface area contributed by atoms with E-state index in [0.29, 0.717) is 29.1 Å². The van der Waals surface area contributed by atoms with Gasteiger partial charge in [0.15, 0.2) is 17.3 Å². The van der Waals surface area contributed by atoms with Gasteiger partial charge in [-0.15, -0.1) is 0 Å². The molecule has 0 radical (unpaired) electrons. The van der Waals surface area contributed by atoms with Crippen molar-refractivity contribution in [3.05, 3.63) is 52.1 Å². The lowest BCUT2D eigenvalue weighted by atomic mass is 10.1. The number of hydrogen-bond acceptors (Lipinski definition) is 3. The van der Waals surface area contributed by atoms with Crippen molar-refractivity contribution in [3.63, 3.8) is 0 Å². The van der Waals surface area contributed by atoms with Crippen LogP contribution < -0.4 is 9.64 Å². The Morgan fingerprint density at radius 3 is 2.46 bits per heavy atom. The molecule has 1 heterocycles. The number of aryl methyl sites for hydroxylation is 1. The first-order valence-corrected chi connectivity index (χ1v) is 8.67. The molecule has 0 amide bonds. The monoisotopic (exact) mass is 361 g/mol. The van der Waals surface area contributed by atoms with Gasteiger partial charge < -0.3 is 14.6 Å². The molecule has 2 aromatic rings. The molecule has 1 unspecified atom stereocenters. The SMILES string of the molecule is CC[NH+](CC(=O)c1[nH]c(C)c(C(C)=O)c1C)Cc1ccc(OC)c(F)c1. The molecule has 2 rings (SSSR count). The molecule has 0 aliphatic carbocycles. The number of aromatic amines is 1. The van der Waals surface area contributed by atoms with Crippen LogP contribution in [0.3, 0.4) is 0 Å². The first-order valence-electron chi connectivity index (χ1n) is 8.67. The molecule has 26 heavy (non-hydrogen) atoms. The van der Waals surface area contributed by atoms with E-state index >= 15 is 0 Å². The Morgan fingerprint density at radius 1 is 1.27 bits per heavy atom. The minimum absolute atomic E-state index is 0.0519. The predicted octanol–water partition coefficient (Wildman–Crippen LogP) is 2.27. The van der Waals surface area contributed by atoms with E-state index in [2.05, 4.69) is 4.98 Å². The largest absolute Gasteiger partial charge is 0.494 e. The quantitative estimate of drug-likeness (QED) is 0.709. The number of Topliss-reactive ketones (excluding diaryl/α,β-unsaturated/α-hetero) is 2. The maximum atomic E-state index is 13.9. The zero-order valence-electron chi connectivity index (χ0n) is 16.0. The number of methoxy groups -OCH3 is 1. The van der Waals surface area contributed by atoms with E-state index in [1.807, 2.05) is 6.92 Å². The Hall–Kier alpha value is -2.47. The summed E-state index contributed by atoms with van der Waals surface area (Å²) in [4.78, 5) is 28.5. The lowest BCUT2D eigenvalue weighted by molar-refractivity contribution is -0.903. The first kappa shape index (κ1) is 19.8. The Bertz CT molecular complexity index is 827. The smallest absolute Gasteiger partial charge is 0.233 e. The van der Waals surface area contributed by atoms with Gasteiger partial charge in [-0.1, -0.05) is 0 Å². The number of hydrogen-bond donors (Lipinski definition) is 2. The van der Waals surface area contributed by atoms with Gasteiger partial charge in [0.05, 0.1) is 19.3 Å². The average Bonchev–Trinajstić information content (AvgIpc) is 2.89. The Morgan fingerprint density at radius 2 is 1.96 bits per heavy atom. The molecular formula is C20H26FN2O3+. The van der Waals surface area contributed by atoms with Gasteiger partial charge in [0, 0.05) is 16.8 Å². The number of H-pyrrole nitrogens is 1. The fourth-order valence-electron chi connectivity index (χ4n) is 3.29. The van der Waals surface area contributed by atoms with E-state index in [9.17, 15) is 14.0 Å². The standard InChI is InChI=1S/C20H25FN2O3/c1-6-23(10-15-7-8-18(26-5)16(21)9-15)11-17(25)20-12(2)19(14(4)24)13(3)22-20/h7-9,22H,6,10-11H2,1-5H3/p+1. The van der Waals surface area contributed by atoms with E-state index in [4.69, 9.17) is 4.74 Å². The molecule has 0 saturated heterocycles. The number of benzene rings is 1. The second-order valence-corrected chi connectivity index (χ2v) is 6.53. The fourth-order valence-corrected chi connectivity index (χ4v) is 3.29. The highest BCUT2D eigenvalue weighted by molar-refractivity contribution is 6.03. The number of nitrogens with one attached hydrogen (secondary N) is 2. The molecule has 0 aliphatic heterocycles. The predicted molar refractivity (Wildman–Crippen MR) is 97.6 cm³/mol. The van der Waals surface area contributed by atoms with Crippen LogP contribution in [0.1, 0.15) is 51.5 Å². The molecule has 2 N–H and O–H groups in total. The highest BCUT2D eigenvalue weighted by Crippen LogP contribution is 2.19. The third kappa shape index (κ3) is 4.19. The van der Waals surface area contributed by atoms with Crippen LogP contribution in [-0.4, -0.2) is 36.7 Å². The van der Waals surface area contributed by atoms with E-state index in [1.54, 1.807) is 26.0 Å². The normalized spacial score (nSPS) is 12.1. The molecule has 0 fully saturated rings. The van der Waals surface area contributed by atoms with Crippen LogP contribution in [0.15, 0.2) is 18.2 Å². The molecule has 1 atom stereocenters. The van der Waals surface area contributed by atoms with Gasteiger partial charge in [-0.2, -0.15) is 0 Å². The summed E-state index contributed by atoms with van der Waals surface area (Å²) in [5, 5.41) is 0. The number of aromatic nitrogens is 1. The van der Waals surface area contributed by atoms with Crippen LogP contribution in [0.5, 0.6) is 5.75 Å². The van der Waals surface area contributed by atoms with E-state index in [0.717, 1.165) is 17.0 Å². The second kappa shape index (κ2) is 8.27. The number of carbonyl (C=O) groups is 2. The van der Waals surface area contributed by atoms with Gasteiger partial charge in [0.1, 0.15) is 13.1 Å². The first-order chi connectivity index (χ1) is 12.3. The van der Waals surface area contributed by atoms with E-state index in [1.165, 1.54) is 20.1 Å². The van der Waals surface area contributed by atoms with Crippen molar-refractivity contribution >= 4 is 11.6 Å². The maximum absolute atomic E-state index is 13.9. The Labute approximate surface area is 153 Å². The second-order valence-electron chi connectivity index (χ2n) is 6.53. The minimum atomic E-state index is -0.409. The van der Waals surface area contributed by atoms with Crippen molar-refractivity contribution in [1.82, 2.24) is 4.98 Å². The zero-order valence-corrected chi connectivity index (χ0v) is 16.0. The van der Waals surface area contributed by atoms with Crippen LogP contribution in [0.25, 0.3) is 0 Å². The van der Waals surface area contributed by atoms with Crippen LogP contribution in [0.4, 0.5) is 4.39 Å². The molecule has 0 aliphatic rings. The number of quaternary nitrogens is 1. The number of carbonyl (C=O) groups excluding carboxylic acids is 2. The third-order valence-corrected chi connectivity index (χ3v) is 4.65. The fraction of sp³-hybridized carbons (Fsp3) is 0.400. The summed E-state index contributed by atoms with van der Waals surface area (Å²) in [5.41, 5.74) is 3.29. The Kier molecular flexibility index (Phi) is 6.32. The zero-order chi connectivity index (χ0) is 19.4. The van der Waals surface area contributed by atoms with Crippen molar-refractivity contribution in [2.24, 2.45) is 0 Å². The summed E-state index contributed by atoms with van der Waals surface area (Å²) in [6.07, 6.45) is 0. The third-order valence-electron chi connectivity index (χ3n) is 4.65. The highest BCUT2D eigenvalue weighted by Gasteiger charge is 2.23. The summed E-state index contributed by atoms with van der Waals surface area (Å²) < 4.78 is 18.8. The van der Waals surface area contributed by atoms with Crippen molar-refractivity contribution in [2.45, 2.75) is 34.2 Å². The molecule has 0 saturated carbocycles. The average molecular weight is 361 g/mol. The highest BCUT2D eigenvalue weighted by atomic mass is 19.1. The van der Waals surface area contributed by atoms with Gasteiger partial charge in [-0.05, 0) is 51.5 Å². The van der Waals surface area contributed by atoms with Gasteiger partial charge >= 0.3 is 0 Å². The summed E-state index contributed by atoms with van der Waals surface area (Å²) in [6.45, 7) is 8.58. The minimum Gasteiger partial charge on any atom is -0.494 e. The summed E-state index contributed by atoms with van der Waals surface area (Å²) in [6, 6.07) is 4.84. The van der Waals surface area contributed by atoms with Crippen LogP contribution in [0.2, 0.25) is 0 Å². The molecule has 6 heteroatoms. The van der Waals surface area contributed by atoms with Gasteiger partial charge in [-0.25, -0.2) is 4.39 Å². The van der Waals surface area contributed by atoms with Gasteiger partial charge in [-0.3, -0.25) is 9.59 Å². The number of ether oxygens (including phenoxy) is 1. The number of rotatable bonds is 8. The van der Waals surface area contributed by atoms with Crippen LogP contribution >= 0.6 is 0 Å². The summed E-state index contributed by atoms with van der Waals surface area (Å²) in [7, 11) is 1.43. The molecule has 0 spiro atoms. The van der Waals surface area contributed by atoms with Crippen molar-refractivity contribution in [1.29, 1.82) is 0 Å². The summed E-state index contributed by atoms with van der Waals surface area (Å²) in [5.74, 6) is -0.307. The van der Waals surface area contributed by atoms with Crippen molar-refractivity contribution in [3.8, 4) is 5.75 Å². The van der Waals surface area contributed by atoms with Crippen molar-refractivity contribution in [2.75, 3.05) is 20.2 Å². The van der Waals surface area contributed by atoms with Crippen LogP contribution in [-0.2, 0) is 6.54 Å². The molecular weight excluding hydrogens is 335 g/mol. The molecule has 1 aromatic carbocycles. The number of ketones is 2. The topological polar surface area (TPSA) is 63.6 Å². The van der Waals surface area contributed by atoms with E-state index in [-0.39, 0.29) is 23.9 Å². The Balaban J connectivity index is 2.15. The molecule has 5 nitrogen and oxygen atoms in total. The maximum Gasteiger partial charge on any atom is 0.233 e. The lowest BCUT2D eigenvalue weighted by Crippen LogP contribution is -3.11. The number of halogens is 1. The lowest BCUT2D eigenvalue weighted by Gasteiger charge is -2.17. The van der Waals surface area contributed by atoms with Gasteiger partial charge in [0.2, 0.25) is 5.78 Å². The summed E-state index contributed by atoms with van der Waals surface area (Å²) >= 11 is 0. The van der Waals surface area contributed by atoms with Crippen molar-refractivity contribution < 1.29 is 23.6 Å². The molecule has 0 bridgehead atoms. The van der Waals surface area contributed by atoms with Gasteiger partial charge in [0.25, 0.3) is 0 Å². The molecule has 140 valence electrons. The van der Waals surface area contributed by atoms with Crippen LogP contribution in [0, 0.1) is 19.7 Å². The molecule has 1 aromatic heterocycles. The number of likely N-dealkylation sites (N-methyl/N-ethyl adjacent to an activating group) is 1.